The van der Waals surface area contributed by atoms with E-state index in [1.807, 2.05) is 36.4 Å². The van der Waals surface area contributed by atoms with Gasteiger partial charge in [0.2, 0.25) is 0 Å². The molecule has 0 aliphatic rings. The summed E-state index contributed by atoms with van der Waals surface area (Å²) in [5.41, 5.74) is 2.45. The molecule has 88 valence electrons. The van der Waals surface area contributed by atoms with E-state index in [0.29, 0.717) is 10.9 Å². The first-order valence-electron chi connectivity index (χ1n) is 5.49. The number of fused-ring (bicyclic) bond motifs is 1. The molecule has 0 aliphatic heterocycles. The predicted octanol–water partition coefficient (Wildman–Crippen LogP) is 3.35. The quantitative estimate of drug-likeness (QED) is 0.749. The molecule has 0 saturated carbocycles. The lowest BCUT2D eigenvalue weighted by Crippen LogP contribution is -2.06. The summed E-state index contributed by atoms with van der Waals surface area (Å²) in [4.78, 5) is 18.9. The minimum absolute atomic E-state index is 0.125. The van der Waals surface area contributed by atoms with E-state index in [1.54, 1.807) is 12.3 Å². The standard InChI is InChI=1S/C14H9BrN2O/c15-11-8-16-14(18)10-6-7-12(17-13(10)11)9-4-2-1-3-5-9/h1-8H,(H,16,18). The predicted molar refractivity (Wildman–Crippen MR) is 75.5 cm³/mol. The van der Waals surface area contributed by atoms with Crippen molar-refractivity contribution in [2.45, 2.75) is 0 Å². The number of halogens is 1. The zero-order valence-corrected chi connectivity index (χ0v) is 10.9. The fourth-order valence-electron chi connectivity index (χ4n) is 1.87. The van der Waals surface area contributed by atoms with Crippen molar-refractivity contribution in [3.8, 4) is 11.3 Å². The van der Waals surface area contributed by atoms with E-state index < -0.39 is 0 Å². The number of benzene rings is 1. The maximum Gasteiger partial charge on any atom is 0.257 e. The van der Waals surface area contributed by atoms with Crippen LogP contribution in [0.4, 0.5) is 0 Å². The van der Waals surface area contributed by atoms with Crippen molar-refractivity contribution in [2.24, 2.45) is 0 Å². The molecule has 1 N–H and O–H groups in total. The van der Waals surface area contributed by atoms with E-state index in [2.05, 4.69) is 25.9 Å². The van der Waals surface area contributed by atoms with Gasteiger partial charge in [-0.25, -0.2) is 4.98 Å². The Morgan fingerprint density at radius 2 is 1.83 bits per heavy atom. The summed E-state index contributed by atoms with van der Waals surface area (Å²) in [6.45, 7) is 0. The van der Waals surface area contributed by atoms with Gasteiger partial charge in [0.25, 0.3) is 5.56 Å². The number of rotatable bonds is 1. The maximum atomic E-state index is 11.7. The Bertz CT molecular complexity index is 766. The molecule has 0 aliphatic carbocycles. The molecule has 0 unspecified atom stereocenters. The Balaban J connectivity index is 2.30. The second-order valence-corrected chi connectivity index (χ2v) is 4.78. The van der Waals surface area contributed by atoms with Gasteiger partial charge in [0.15, 0.2) is 0 Å². The van der Waals surface area contributed by atoms with Gasteiger partial charge in [-0.05, 0) is 28.1 Å². The van der Waals surface area contributed by atoms with Gasteiger partial charge in [-0.2, -0.15) is 0 Å². The van der Waals surface area contributed by atoms with Crippen molar-refractivity contribution in [1.82, 2.24) is 9.97 Å². The van der Waals surface area contributed by atoms with Gasteiger partial charge in [-0.1, -0.05) is 30.3 Å². The Hall–Kier alpha value is -1.94. The molecule has 0 fully saturated rings. The molecule has 0 radical (unpaired) electrons. The lowest BCUT2D eigenvalue weighted by molar-refractivity contribution is 1.24. The van der Waals surface area contributed by atoms with Gasteiger partial charge in [-0.3, -0.25) is 4.79 Å². The number of hydrogen-bond acceptors (Lipinski definition) is 2. The Morgan fingerprint density at radius 1 is 1.06 bits per heavy atom. The molecule has 0 saturated heterocycles. The van der Waals surface area contributed by atoms with Crippen molar-refractivity contribution >= 4 is 26.8 Å². The Labute approximate surface area is 112 Å². The van der Waals surface area contributed by atoms with Crippen LogP contribution in [0.25, 0.3) is 22.2 Å². The molecule has 2 aromatic heterocycles. The molecule has 0 bridgehead atoms. The lowest BCUT2D eigenvalue weighted by atomic mass is 10.1. The molecule has 18 heavy (non-hydrogen) atoms. The first kappa shape index (κ1) is 11.2. The van der Waals surface area contributed by atoms with Crippen molar-refractivity contribution in [3.05, 3.63) is 63.5 Å². The number of hydrogen-bond donors (Lipinski definition) is 1. The SMILES string of the molecule is O=c1[nH]cc(Br)c2nc(-c3ccccc3)ccc12. The average Bonchev–Trinajstić information content (AvgIpc) is 2.44. The van der Waals surface area contributed by atoms with Crippen LogP contribution in [0.15, 0.2) is 57.9 Å². The van der Waals surface area contributed by atoms with E-state index in [9.17, 15) is 4.79 Å². The number of aromatic nitrogens is 2. The van der Waals surface area contributed by atoms with E-state index in [-0.39, 0.29) is 5.56 Å². The highest BCUT2D eigenvalue weighted by molar-refractivity contribution is 9.10. The van der Waals surface area contributed by atoms with Crippen LogP contribution >= 0.6 is 15.9 Å². The summed E-state index contributed by atoms with van der Waals surface area (Å²) in [5, 5.41) is 0.587. The highest BCUT2D eigenvalue weighted by Crippen LogP contribution is 2.23. The van der Waals surface area contributed by atoms with Gasteiger partial charge in [0.1, 0.15) is 0 Å². The summed E-state index contributed by atoms with van der Waals surface area (Å²) in [7, 11) is 0. The van der Waals surface area contributed by atoms with Crippen LogP contribution in [-0.4, -0.2) is 9.97 Å². The van der Waals surface area contributed by atoms with Gasteiger partial charge in [-0.15, -0.1) is 0 Å². The normalized spacial score (nSPS) is 10.7. The number of nitrogens with zero attached hydrogens (tertiary/aromatic N) is 1. The molecule has 3 rings (SSSR count). The van der Waals surface area contributed by atoms with Crippen LogP contribution in [0, 0.1) is 0 Å². The summed E-state index contributed by atoms with van der Waals surface area (Å²) >= 11 is 3.41. The van der Waals surface area contributed by atoms with Crippen LogP contribution in [0.3, 0.4) is 0 Å². The van der Waals surface area contributed by atoms with E-state index in [0.717, 1.165) is 15.7 Å². The molecule has 0 atom stereocenters. The molecule has 0 amide bonds. The third-order valence-corrected chi connectivity index (χ3v) is 3.37. The van der Waals surface area contributed by atoms with Crippen molar-refractivity contribution in [1.29, 1.82) is 0 Å². The molecule has 0 spiro atoms. The third kappa shape index (κ3) is 1.84. The average molecular weight is 301 g/mol. The number of H-pyrrole nitrogens is 1. The summed E-state index contributed by atoms with van der Waals surface area (Å²) in [6.07, 6.45) is 1.62. The molecule has 3 nitrogen and oxygen atoms in total. The fourth-order valence-corrected chi connectivity index (χ4v) is 2.29. The molecule has 4 heteroatoms. The zero-order chi connectivity index (χ0) is 12.5. The maximum absolute atomic E-state index is 11.7. The molecular weight excluding hydrogens is 292 g/mol. The second kappa shape index (κ2) is 4.38. The molecular formula is C14H9BrN2O. The molecule has 1 aromatic carbocycles. The topological polar surface area (TPSA) is 45.8 Å². The van der Waals surface area contributed by atoms with Gasteiger partial charge in [0, 0.05) is 11.8 Å². The van der Waals surface area contributed by atoms with Crippen molar-refractivity contribution < 1.29 is 0 Å². The molecule has 3 aromatic rings. The van der Waals surface area contributed by atoms with Crippen LogP contribution in [0.1, 0.15) is 0 Å². The van der Waals surface area contributed by atoms with Crippen LogP contribution in [0.5, 0.6) is 0 Å². The van der Waals surface area contributed by atoms with Crippen LogP contribution < -0.4 is 5.56 Å². The zero-order valence-electron chi connectivity index (χ0n) is 9.35. The van der Waals surface area contributed by atoms with Crippen LogP contribution in [-0.2, 0) is 0 Å². The summed E-state index contributed by atoms with van der Waals surface area (Å²) < 4.78 is 0.787. The first-order chi connectivity index (χ1) is 8.75. The highest BCUT2D eigenvalue weighted by atomic mass is 79.9. The minimum Gasteiger partial charge on any atom is -0.327 e. The first-order valence-corrected chi connectivity index (χ1v) is 6.28. The smallest absolute Gasteiger partial charge is 0.257 e. The number of nitrogens with one attached hydrogen (secondary N) is 1. The largest absolute Gasteiger partial charge is 0.327 e. The van der Waals surface area contributed by atoms with Gasteiger partial charge in [0.05, 0.1) is 21.1 Å². The molecule has 2 heterocycles. The van der Waals surface area contributed by atoms with Gasteiger partial charge < -0.3 is 4.98 Å². The fraction of sp³-hybridized carbons (Fsp3) is 0. The number of pyridine rings is 2. The Morgan fingerprint density at radius 3 is 2.61 bits per heavy atom. The monoisotopic (exact) mass is 300 g/mol. The van der Waals surface area contributed by atoms with Gasteiger partial charge >= 0.3 is 0 Å². The van der Waals surface area contributed by atoms with Crippen LogP contribution in [0.2, 0.25) is 0 Å². The van der Waals surface area contributed by atoms with E-state index in [4.69, 9.17) is 0 Å². The Kier molecular flexibility index (Phi) is 2.72. The van der Waals surface area contributed by atoms with E-state index in [1.165, 1.54) is 0 Å². The second-order valence-electron chi connectivity index (χ2n) is 3.92. The minimum atomic E-state index is -0.125. The third-order valence-electron chi connectivity index (χ3n) is 2.77. The summed E-state index contributed by atoms with van der Waals surface area (Å²) in [6, 6.07) is 13.5. The van der Waals surface area contributed by atoms with Crippen molar-refractivity contribution in [3.63, 3.8) is 0 Å². The lowest BCUT2D eigenvalue weighted by Gasteiger charge is -2.03. The van der Waals surface area contributed by atoms with Crippen molar-refractivity contribution in [2.75, 3.05) is 0 Å². The summed E-state index contributed by atoms with van der Waals surface area (Å²) in [5.74, 6) is 0. The van der Waals surface area contributed by atoms with E-state index >= 15 is 0 Å². The highest BCUT2D eigenvalue weighted by Gasteiger charge is 2.06. The number of aromatic amines is 1.